The van der Waals surface area contributed by atoms with E-state index in [0.29, 0.717) is 6.54 Å². The fraction of sp³-hybridized carbons (Fsp3) is 0.238. The molecule has 0 aliphatic carbocycles. The molecule has 2 aromatic rings. The maximum absolute atomic E-state index is 12.2. The van der Waals surface area contributed by atoms with Crippen molar-refractivity contribution in [1.29, 1.82) is 0 Å². The van der Waals surface area contributed by atoms with Crippen molar-refractivity contribution in [2.45, 2.75) is 12.6 Å². The quantitative estimate of drug-likeness (QED) is 0.239. The molecule has 0 aromatic heterocycles. The Hall–Kier alpha value is -4.48. The Morgan fingerprint density at radius 1 is 0.939 bits per heavy atom. The van der Waals surface area contributed by atoms with E-state index in [-0.39, 0.29) is 30.5 Å². The highest BCUT2D eigenvalue weighted by molar-refractivity contribution is 5.97. The van der Waals surface area contributed by atoms with E-state index in [2.05, 4.69) is 16.0 Å². The van der Waals surface area contributed by atoms with E-state index in [0.717, 1.165) is 5.56 Å². The number of carboxylic acids is 1. The predicted molar refractivity (Wildman–Crippen MR) is 115 cm³/mol. The second-order valence-corrected chi connectivity index (χ2v) is 6.67. The average molecular weight is 460 g/mol. The van der Waals surface area contributed by atoms with Crippen LogP contribution < -0.4 is 26.0 Å². The van der Waals surface area contributed by atoms with Gasteiger partial charge in [0.2, 0.25) is 0 Å². The average Bonchev–Trinajstić information content (AvgIpc) is 2.78. The molecular weight excluding hydrogens is 436 g/mol. The predicted octanol–water partition coefficient (Wildman–Crippen LogP) is 0.721. The molecule has 0 saturated heterocycles. The summed E-state index contributed by atoms with van der Waals surface area (Å²) in [5, 5.41) is 36.9. The van der Waals surface area contributed by atoms with Gasteiger partial charge in [-0.25, -0.2) is 14.4 Å². The summed E-state index contributed by atoms with van der Waals surface area (Å²) in [6.45, 7) is 0.155. The number of amides is 4. The van der Waals surface area contributed by atoms with Crippen LogP contribution in [-0.4, -0.2) is 65.1 Å². The maximum Gasteiger partial charge on any atom is 0.405 e. The van der Waals surface area contributed by atoms with Gasteiger partial charge in [0.05, 0.1) is 12.1 Å². The van der Waals surface area contributed by atoms with Crippen LogP contribution in [0.15, 0.2) is 48.5 Å². The fourth-order valence-electron chi connectivity index (χ4n) is 2.61. The van der Waals surface area contributed by atoms with Crippen molar-refractivity contribution in [2.75, 3.05) is 19.7 Å². The number of phenolic OH excluding ortho intramolecular Hbond substituents is 1. The van der Waals surface area contributed by atoms with Crippen LogP contribution in [0, 0.1) is 0 Å². The number of carbonyl (C=O) groups is 4. The lowest BCUT2D eigenvalue weighted by molar-refractivity contribution is -0.139. The Bertz CT molecular complexity index is 983. The lowest BCUT2D eigenvalue weighted by atomic mass is 10.1. The largest absolute Gasteiger partial charge is 0.507 e. The first-order chi connectivity index (χ1) is 15.8. The topological polar surface area (TPSA) is 186 Å². The van der Waals surface area contributed by atoms with E-state index < -0.39 is 36.3 Å². The van der Waals surface area contributed by atoms with Gasteiger partial charge >= 0.3 is 18.1 Å². The third-order valence-electron chi connectivity index (χ3n) is 4.23. The standard InChI is InChI=1S/C21H24N4O8/c26-17-10-14(33-9-8-22-20(30)24-11-13-4-2-1-3-5-13)6-7-15(17)18(27)23-12-16(19(28)29)25-21(31)32/h1-7,10,16,25-26H,8-9,11-12H2,(H,23,27)(H,28,29)(H,31,32)(H2,22,24,30). The summed E-state index contributed by atoms with van der Waals surface area (Å²) in [5.74, 6) is -2.44. The summed E-state index contributed by atoms with van der Waals surface area (Å²) in [7, 11) is 0. The second-order valence-electron chi connectivity index (χ2n) is 6.67. The zero-order valence-electron chi connectivity index (χ0n) is 17.4. The number of ether oxygens (including phenoxy) is 1. The van der Waals surface area contributed by atoms with Gasteiger partial charge in [-0.2, -0.15) is 0 Å². The minimum atomic E-state index is -1.55. The van der Waals surface area contributed by atoms with Crippen LogP contribution in [0.4, 0.5) is 9.59 Å². The molecule has 2 aromatic carbocycles. The van der Waals surface area contributed by atoms with Gasteiger partial charge in [0.25, 0.3) is 5.91 Å². The maximum atomic E-state index is 12.2. The minimum absolute atomic E-state index is 0.102. The van der Waals surface area contributed by atoms with Crippen LogP contribution in [0.2, 0.25) is 0 Å². The van der Waals surface area contributed by atoms with Gasteiger partial charge in [-0.3, -0.25) is 4.79 Å². The molecule has 0 radical (unpaired) electrons. The summed E-state index contributed by atoms with van der Waals surface area (Å²) in [6, 6.07) is 11.3. The Morgan fingerprint density at radius 3 is 2.30 bits per heavy atom. The number of nitrogens with one attached hydrogen (secondary N) is 4. The van der Waals surface area contributed by atoms with E-state index in [1.54, 1.807) is 5.32 Å². The van der Waals surface area contributed by atoms with Crippen molar-refractivity contribution in [2.24, 2.45) is 0 Å². The highest BCUT2D eigenvalue weighted by Crippen LogP contribution is 2.23. The van der Waals surface area contributed by atoms with Crippen LogP contribution in [-0.2, 0) is 11.3 Å². The lowest BCUT2D eigenvalue weighted by Gasteiger charge is -2.14. The fourth-order valence-corrected chi connectivity index (χ4v) is 2.61. The number of hydrogen-bond acceptors (Lipinski definition) is 6. The molecule has 0 fully saturated rings. The molecule has 0 heterocycles. The van der Waals surface area contributed by atoms with Crippen molar-refractivity contribution >= 4 is 24.0 Å². The number of carbonyl (C=O) groups excluding carboxylic acids is 2. The van der Waals surface area contributed by atoms with Crippen molar-refractivity contribution in [3.63, 3.8) is 0 Å². The first-order valence-electron chi connectivity index (χ1n) is 9.78. The molecule has 1 unspecified atom stereocenters. The normalized spacial score (nSPS) is 11.0. The molecule has 7 N–H and O–H groups in total. The van der Waals surface area contributed by atoms with E-state index in [1.807, 2.05) is 30.3 Å². The number of aromatic hydroxyl groups is 1. The number of benzene rings is 2. The number of phenols is 1. The van der Waals surface area contributed by atoms with Crippen LogP contribution in [0.5, 0.6) is 11.5 Å². The van der Waals surface area contributed by atoms with Crippen LogP contribution in [0.3, 0.4) is 0 Å². The molecule has 0 aliphatic heterocycles. The SMILES string of the molecule is O=C(O)NC(CNC(=O)c1ccc(OCCNC(=O)NCc2ccccc2)cc1O)C(=O)O. The van der Waals surface area contributed by atoms with Crippen LogP contribution in [0.1, 0.15) is 15.9 Å². The monoisotopic (exact) mass is 460 g/mol. The summed E-state index contributed by atoms with van der Waals surface area (Å²) >= 11 is 0. The van der Waals surface area contributed by atoms with Gasteiger partial charge in [-0.15, -0.1) is 0 Å². The second kappa shape index (κ2) is 12.4. The molecule has 4 amide bonds. The lowest BCUT2D eigenvalue weighted by Crippen LogP contribution is -2.48. The molecule has 176 valence electrons. The summed E-state index contributed by atoms with van der Waals surface area (Å²) in [6.07, 6.45) is -1.55. The zero-order valence-corrected chi connectivity index (χ0v) is 17.4. The molecule has 12 nitrogen and oxygen atoms in total. The number of carboxylic acid groups (broad SMARTS) is 2. The molecule has 12 heteroatoms. The van der Waals surface area contributed by atoms with Crippen molar-refractivity contribution in [3.8, 4) is 11.5 Å². The van der Waals surface area contributed by atoms with E-state index in [4.69, 9.17) is 14.9 Å². The Balaban J connectivity index is 1.75. The zero-order chi connectivity index (χ0) is 24.2. The first kappa shape index (κ1) is 24.8. The van der Waals surface area contributed by atoms with Crippen molar-refractivity contribution < 1.29 is 39.2 Å². The molecule has 2 rings (SSSR count). The Labute approximate surface area is 188 Å². The first-order valence-corrected chi connectivity index (χ1v) is 9.78. The van der Waals surface area contributed by atoms with Gasteiger partial charge in [-0.1, -0.05) is 30.3 Å². The molecule has 0 bridgehead atoms. The van der Waals surface area contributed by atoms with Gasteiger partial charge in [0.1, 0.15) is 24.1 Å². The molecular formula is C21H24N4O8. The molecule has 0 aliphatic rings. The summed E-state index contributed by atoms with van der Waals surface area (Å²) in [5.41, 5.74) is 0.806. The number of urea groups is 1. The number of hydrogen-bond donors (Lipinski definition) is 7. The third kappa shape index (κ3) is 8.65. The summed E-state index contributed by atoms with van der Waals surface area (Å²) < 4.78 is 5.42. The number of rotatable bonds is 11. The Morgan fingerprint density at radius 2 is 1.67 bits per heavy atom. The van der Waals surface area contributed by atoms with Gasteiger partial charge in [0.15, 0.2) is 0 Å². The van der Waals surface area contributed by atoms with E-state index >= 15 is 0 Å². The smallest absolute Gasteiger partial charge is 0.405 e. The number of aliphatic carboxylic acids is 1. The van der Waals surface area contributed by atoms with Crippen LogP contribution in [0.25, 0.3) is 0 Å². The van der Waals surface area contributed by atoms with E-state index in [1.165, 1.54) is 18.2 Å². The van der Waals surface area contributed by atoms with Gasteiger partial charge in [0, 0.05) is 19.2 Å². The molecule has 0 saturated carbocycles. The highest BCUT2D eigenvalue weighted by Gasteiger charge is 2.21. The Kier molecular flexibility index (Phi) is 9.31. The third-order valence-corrected chi connectivity index (χ3v) is 4.23. The van der Waals surface area contributed by atoms with Gasteiger partial charge in [-0.05, 0) is 17.7 Å². The van der Waals surface area contributed by atoms with E-state index in [9.17, 15) is 24.3 Å². The highest BCUT2D eigenvalue weighted by atomic mass is 16.5. The molecule has 0 spiro atoms. The molecule has 33 heavy (non-hydrogen) atoms. The van der Waals surface area contributed by atoms with Crippen molar-refractivity contribution in [3.05, 3.63) is 59.7 Å². The van der Waals surface area contributed by atoms with Crippen molar-refractivity contribution in [1.82, 2.24) is 21.3 Å². The van der Waals surface area contributed by atoms with Crippen LogP contribution >= 0.6 is 0 Å². The summed E-state index contributed by atoms with van der Waals surface area (Å²) in [4.78, 5) is 45.5. The minimum Gasteiger partial charge on any atom is -0.507 e. The molecule has 1 atom stereocenters. The van der Waals surface area contributed by atoms with Gasteiger partial charge < -0.3 is 41.3 Å².